The summed E-state index contributed by atoms with van der Waals surface area (Å²) in [5.74, 6) is 0.866. The predicted molar refractivity (Wildman–Crippen MR) is 179 cm³/mol. The highest BCUT2D eigenvalue weighted by Crippen LogP contribution is 2.46. The first-order chi connectivity index (χ1) is 18.9. The molecular weight excluding hydrogens is 500 g/mol. The van der Waals surface area contributed by atoms with E-state index in [2.05, 4.69) is 137 Å². The van der Waals surface area contributed by atoms with E-state index in [-0.39, 0.29) is 28.5 Å². The summed E-state index contributed by atoms with van der Waals surface area (Å²) in [6, 6.07) is 23.2. The van der Waals surface area contributed by atoms with E-state index in [0.29, 0.717) is 6.61 Å². The van der Waals surface area contributed by atoms with Crippen molar-refractivity contribution in [1.82, 2.24) is 0 Å². The highest BCUT2D eigenvalue weighted by atomic mass is 16.7. The molecule has 0 aromatic heterocycles. The largest absolute Gasteiger partial charge is 0.467 e. The maximum Gasteiger partial charge on any atom is 0.189 e. The van der Waals surface area contributed by atoms with Crippen molar-refractivity contribution in [1.29, 1.82) is 0 Å². The molecule has 0 aliphatic rings. The minimum absolute atomic E-state index is 0.00102. The van der Waals surface area contributed by atoms with Crippen LogP contribution in [0.25, 0.3) is 32.7 Å². The van der Waals surface area contributed by atoms with E-state index in [1.165, 1.54) is 43.8 Å². The summed E-state index contributed by atoms with van der Waals surface area (Å²) in [7, 11) is 0. The molecule has 0 saturated carbocycles. The quantitative estimate of drug-likeness (QED) is 0.129. The van der Waals surface area contributed by atoms with Crippen molar-refractivity contribution >= 4 is 21.5 Å². The van der Waals surface area contributed by atoms with Gasteiger partial charge in [0.15, 0.2) is 6.79 Å². The van der Waals surface area contributed by atoms with Crippen molar-refractivity contribution in [3.05, 3.63) is 77.4 Å². The Morgan fingerprint density at radius 2 is 1.10 bits per heavy atom. The second kappa shape index (κ2) is 11.1. The van der Waals surface area contributed by atoms with Gasteiger partial charge < -0.3 is 9.47 Å². The number of benzene rings is 4. The molecule has 4 aromatic carbocycles. The summed E-state index contributed by atoms with van der Waals surface area (Å²) in [5, 5.41) is 5.03. The average Bonchev–Trinajstić information content (AvgIpc) is 2.84. The van der Waals surface area contributed by atoms with Gasteiger partial charge in [0.1, 0.15) is 5.75 Å². The van der Waals surface area contributed by atoms with Gasteiger partial charge in [-0.25, -0.2) is 0 Å². The van der Waals surface area contributed by atoms with Crippen LogP contribution in [0.1, 0.15) is 106 Å². The second-order valence-electron chi connectivity index (χ2n) is 15.7. The van der Waals surface area contributed by atoms with Gasteiger partial charge in [0.2, 0.25) is 0 Å². The van der Waals surface area contributed by atoms with Gasteiger partial charge in [-0.15, -0.1) is 0 Å². The summed E-state index contributed by atoms with van der Waals surface area (Å²) in [5.41, 5.74) is 6.66. The molecule has 220 valence electrons. The van der Waals surface area contributed by atoms with Crippen LogP contribution in [-0.4, -0.2) is 13.4 Å². The van der Waals surface area contributed by atoms with Crippen LogP contribution in [0.2, 0.25) is 0 Å². The molecule has 0 fully saturated rings. The predicted octanol–water partition coefficient (Wildman–Crippen LogP) is 11.3. The number of hydrogen-bond donors (Lipinski definition) is 0. The van der Waals surface area contributed by atoms with Gasteiger partial charge in [-0.1, -0.05) is 106 Å². The molecule has 0 bridgehead atoms. The lowest BCUT2D eigenvalue weighted by Crippen LogP contribution is -2.24. The summed E-state index contributed by atoms with van der Waals surface area (Å²) in [6.07, 6.45) is 1.08. The first kappa shape index (κ1) is 31.1. The van der Waals surface area contributed by atoms with Gasteiger partial charge in [-0.3, -0.25) is 0 Å². The lowest BCUT2D eigenvalue weighted by molar-refractivity contribution is 0.0227. The molecule has 4 rings (SSSR count). The van der Waals surface area contributed by atoms with Gasteiger partial charge in [-0.2, -0.15) is 0 Å². The fraction of sp³-hybridized carbons (Fsp3) is 0.487. The Morgan fingerprint density at radius 3 is 1.56 bits per heavy atom. The first-order valence-electron chi connectivity index (χ1n) is 15.3. The molecule has 0 radical (unpaired) electrons. The summed E-state index contributed by atoms with van der Waals surface area (Å²) >= 11 is 0. The minimum atomic E-state index is -0.00102. The van der Waals surface area contributed by atoms with Crippen LogP contribution >= 0.6 is 0 Å². The fourth-order valence-corrected chi connectivity index (χ4v) is 6.22. The van der Waals surface area contributed by atoms with E-state index in [1.54, 1.807) is 0 Å². The molecular formula is C39H52O2. The van der Waals surface area contributed by atoms with Crippen LogP contribution in [0.4, 0.5) is 0 Å². The molecule has 0 heterocycles. The monoisotopic (exact) mass is 552 g/mol. The molecule has 4 aromatic rings. The normalized spacial score (nSPS) is 13.3. The van der Waals surface area contributed by atoms with E-state index in [4.69, 9.17) is 9.47 Å². The third kappa shape index (κ3) is 6.97. The molecule has 2 heteroatoms. The molecule has 2 nitrogen and oxygen atoms in total. The zero-order valence-corrected chi connectivity index (χ0v) is 27.7. The molecule has 0 atom stereocenters. The van der Waals surface area contributed by atoms with E-state index in [1.807, 2.05) is 6.92 Å². The van der Waals surface area contributed by atoms with Crippen LogP contribution in [0, 0.1) is 5.41 Å². The summed E-state index contributed by atoms with van der Waals surface area (Å²) < 4.78 is 12.0. The van der Waals surface area contributed by atoms with Crippen molar-refractivity contribution in [3.63, 3.8) is 0 Å². The van der Waals surface area contributed by atoms with E-state index < -0.39 is 0 Å². The third-order valence-corrected chi connectivity index (χ3v) is 8.19. The Kier molecular flexibility index (Phi) is 8.42. The Bertz CT molecular complexity index is 1460. The summed E-state index contributed by atoms with van der Waals surface area (Å²) in [4.78, 5) is 0. The molecule has 0 amide bonds. The number of rotatable bonds is 7. The van der Waals surface area contributed by atoms with E-state index in [0.717, 1.165) is 17.7 Å². The lowest BCUT2D eigenvalue weighted by atomic mass is 9.71. The Balaban J connectivity index is 2.14. The van der Waals surface area contributed by atoms with Gasteiger partial charge in [0.25, 0.3) is 0 Å². The molecule has 41 heavy (non-hydrogen) atoms. The smallest absolute Gasteiger partial charge is 0.189 e. The van der Waals surface area contributed by atoms with E-state index >= 15 is 0 Å². The zero-order chi connectivity index (χ0) is 30.4. The molecule has 0 unspecified atom stereocenters. The van der Waals surface area contributed by atoms with Gasteiger partial charge in [-0.05, 0) is 104 Å². The Labute approximate surface area is 249 Å². The van der Waals surface area contributed by atoms with Gasteiger partial charge in [0.05, 0.1) is 0 Å². The highest BCUT2D eigenvalue weighted by Gasteiger charge is 2.29. The molecule has 0 spiro atoms. The fourth-order valence-electron chi connectivity index (χ4n) is 6.22. The van der Waals surface area contributed by atoms with Crippen molar-refractivity contribution in [3.8, 4) is 16.9 Å². The maximum atomic E-state index is 6.37. The van der Waals surface area contributed by atoms with Crippen molar-refractivity contribution in [2.75, 3.05) is 13.4 Å². The zero-order valence-electron chi connectivity index (χ0n) is 27.7. The SMILES string of the molecule is CCOCOc1ccc(C(C)(C)CC(C)(C)C)cc1-c1c2cc(C(C)(C)C)ccc2cc2ccc(C(C)(C)C)cc12. The topological polar surface area (TPSA) is 18.5 Å². The third-order valence-electron chi connectivity index (χ3n) is 8.19. The highest BCUT2D eigenvalue weighted by molar-refractivity contribution is 6.14. The van der Waals surface area contributed by atoms with E-state index in [9.17, 15) is 0 Å². The van der Waals surface area contributed by atoms with Crippen molar-refractivity contribution in [2.45, 2.75) is 106 Å². The van der Waals surface area contributed by atoms with Crippen LogP contribution < -0.4 is 4.74 Å². The molecule has 0 saturated heterocycles. The lowest BCUT2D eigenvalue weighted by Gasteiger charge is -2.33. The van der Waals surface area contributed by atoms with Crippen molar-refractivity contribution in [2.24, 2.45) is 5.41 Å². The van der Waals surface area contributed by atoms with Gasteiger partial charge in [0, 0.05) is 17.7 Å². The van der Waals surface area contributed by atoms with Crippen LogP contribution in [0.15, 0.2) is 60.7 Å². The summed E-state index contributed by atoms with van der Waals surface area (Å²) in [6.45, 7) is 28.3. The second-order valence-corrected chi connectivity index (χ2v) is 15.7. The van der Waals surface area contributed by atoms with Gasteiger partial charge >= 0.3 is 0 Å². The number of hydrogen-bond acceptors (Lipinski definition) is 2. The number of ether oxygens (including phenoxy) is 2. The standard InChI is InChI=1S/C39H52O2/c1-13-40-25-41-34-19-18-30(39(11,12)24-36(2,3)4)23-33(34)35-31-21-28(37(5,6)7)16-14-26(31)20-27-15-17-29(22-32(27)35)38(8,9)10/h14-23H,13,24-25H2,1-12H3. The van der Waals surface area contributed by atoms with Crippen LogP contribution in [0.3, 0.4) is 0 Å². The minimum Gasteiger partial charge on any atom is -0.467 e. The Hall–Kier alpha value is -2.84. The number of fused-ring (bicyclic) bond motifs is 2. The van der Waals surface area contributed by atoms with Crippen LogP contribution in [0.5, 0.6) is 5.75 Å². The average molecular weight is 553 g/mol. The first-order valence-corrected chi connectivity index (χ1v) is 15.3. The molecule has 0 aliphatic carbocycles. The van der Waals surface area contributed by atoms with Crippen LogP contribution in [-0.2, 0) is 21.0 Å². The maximum absolute atomic E-state index is 6.37. The molecule has 0 aliphatic heterocycles. The Morgan fingerprint density at radius 1 is 0.585 bits per heavy atom. The molecule has 0 N–H and O–H groups in total. The van der Waals surface area contributed by atoms with Crippen molar-refractivity contribution < 1.29 is 9.47 Å².